The first-order valence-electron chi connectivity index (χ1n) is 6.09. The zero-order valence-corrected chi connectivity index (χ0v) is 10.9. The highest BCUT2D eigenvalue weighted by Crippen LogP contribution is 2.04. The molecule has 1 aromatic heterocycles. The van der Waals surface area contributed by atoms with Crippen LogP contribution < -0.4 is 10.9 Å². The van der Waals surface area contributed by atoms with Crippen LogP contribution in [0.2, 0.25) is 0 Å². The number of aromatic nitrogens is 1. The predicted octanol–water partition coefficient (Wildman–Crippen LogP) is 1.70. The Morgan fingerprint density at radius 2 is 1.67 bits per heavy atom. The van der Waals surface area contributed by atoms with Crippen molar-refractivity contribution in [3.63, 3.8) is 0 Å². The number of nitrogens with zero attached hydrogens (tertiary/aromatic N) is 1. The van der Waals surface area contributed by atoms with Gasteiger partial charge in [0.25, 0.3) is 11.8 Å². The molecule has 2 N–H and O–H groups in total. The summed E-state index contributed by atoms with van der Waals surface area (Å²) >= 11 is 0. The van der Waals surface area contributed by atoms with E-state index in [-0.39, 0.29) is 5.82 Å². The number of benzene rings is 1. The lowest BCUT2D eigenvalue weighted by Gasteiger charge is -2.04. The Kier molecular flexibility index (Phi) is 4.76. The Labute approximate surface area is 120 Å². The zero-order valence-electron chi connectivity index (χ0n) is 10.9. The van der Waals surface area contributed by atoms with Gasteiger partial charge in [-0.2, -0.15) is 0 Å². The van der Waals surface area contributed by atoms with Gasteiger partial charge in [0.05, 0.1) is 0 Å². The number of hydrazine groups is 1. The largest absolute Gasteiger partial charge is 0.269 e. The molecule has 0 aliphatic rings. The van der Waals surface area contributed by atoms with Crippen molar-refractivity contribution in [3.8, 4) is 0 Å². The van der Waals surface area contributed by atoms with Crippen LogP contribution >= 0.6 is 0 Å². The second-order valence-electron chi connectivity index (χ2n) is 4.06. The predicted molar refractivity (Wildman–Crippen MR) is 75.3 cm³/mol. The fourth-order valence-electron chi connectivity index (χ4n) is 1.48. The molecular formula is C15H12FN3O2. The summed E-state index contributed by atoms with van der Waals surface area (Å²) in [7, 11) is 0. The molecule has 6 heteroatoms. The molecule has 1 heterocycles. The number of halogens is 1. The number of amides is 2. The van der Waals surface area contributed by atoms with Crippen LogP contribution in [0.1, 0.15) is 15.9 Å². The van der Waals surface area contributed by atoms with E-state index in [2.05, 4.69) is 15.8 Å². The van der Waals surface area contributed by atoms with E-state index >= 15 is 0 Å². The van der Waals surface area contributed by atoms with Crippen molar-refractivity contribution in [1.82, 2.24) is 15.8 Å². The van der Waals surface area contributed by atoms with E-state index in [0.29, 0.717) is 11.1 Å². The van der Waals surface area contributed by atoms with Crippen LogP contribution in [0.15, 0.2) is 54.9 Å². The van der Waals surface area contributed by atoms with Crippen molar-refractivity contribution in [3.05, 3.63) is 71.8 Å². The van der Waals surface area contributed by atoms with Crippen molar-refractivity contribution in [2.45, 2.75) is 0 Å². The number of pyridine rings is 1. The molecule has 1 aromatic carbocycles. The highest BCUT2D eigenvalue weighted by Gasteiger charge is 2.04. The molecule has 0 radical (unpaired) electrons. The molecule has 0 atom stereocenters. The monoisotopic (exact) mass is 285 g/mol. The number of hydrogen-bond acceptors (Lipinski definition) is 3. The first-order valence-corrected chi connectivity index (χ1v) is 6.09. The lowest BCUT2D eigenvalue weighted by atomic mass is 10.2. The Bertz CT molecular complexity index is 654. The van der Waals surface area contributed by atoms with Crippen LogP contribution in [0.4, 0.5) is 4.39 Å². The van der Waals surface area contributed by atoms with Crippen LogP contribution in [-0.4, -0.2) is 16.8 Å². The Morgan fingerprint density at radius 1 is 1.00 bits per heavy atom. The standard InChI is InChI=1S/C15H12FN3O2/c16-13-4-1-11(2-5-13)3-6-14(20)18-19-15(21)12-7-9-17-10-8-12/h1-10H,(H,18,20)(H,19,21)/b6-3+. The smallest absolute Gasteiger partial charge is 0.268 e. The van der Waals surface area contributed by atoms with Crippen molar-refractivity contribution in [1.29, 1.82) is 0 Å². The maximum absolute atomic E-state index is 12.7. The molecule has 0 bridgehead atoms. The first-order chi connectivity index (χ1) is 10.1. The van der Waals surface area contributed by atoms with Crippen molar-refractivity contribution in [2.75, 3.05) is 0 Å². The summed E-state index contributed by atoms with van der Waals surface area (Å²) in [4.78, 5) is 26.9. The summed E-state index contributed by atoms with van der Waals surface area (Å²) in [6.45, 7) is 0. The molecule has 2 aromatic rings. The van der Waals surface area contributed by atoms with E-state index in [1.165, 1.54) is 60.9 Å². The fourth-order valence-corrected chi connectivity index (χ4v) is 1.48. The number of carbonyl (C=O) groups is 2. The van der Waals surface area contributed by atoms with E-state index in [1.54, 1.807) is 0 Å². The number of rotatable bonds is 3. The van der Waals surface area contributed by atoms with Gasteiger partial charge < -0.3 is 0 Å². The highest BCUT2D eigenvalue weighted by atomic mass is 19.1. The molecular weight excluding hydrogens is 273 g/mol. The summed E-state index contributed by atoms with van der Waals surface area (Å²) < 4.78 is 12.7. The molecule has 2 amide bonds. The molecule has 0 aliphatic carbocycles. The van der Waals surface area contributed by atoms with Gasteiger partial charge in [0.1, 0.15) is 5.82 Å². The SMILES string of the molecule is O=C(/C=C/c1ccc(F)cc1)NNC(=O)c1ccncc1. The minimum atomic E-state index is -0.498. The molecule has 5 nitrogen and oxygen atoms in total. The van der Waals surface area contributed by atoms with Gasteiger partial charge in [-0.15, -0.1) is 0 Å². The molecule has 21 heavy (non-hydrogen) atoms. The van der Waals surface area contributed by atoms with E-state index < -0.39 is 11.8 Å². The minimum absolute atomic E-state index is 0.346. The molecule has 0 fully saturated rings. The van der Waals surface area contributed by atoms with E-state index in [1.807, 2.05) is 0 Å². The van der Waals surface area contributed by atoms with E-state index in [4.69, 9.17) is 0 Å². The van der Waals surface area contributed by atoms with Gasteiger partial charge in [-0.3, -0.25) is 25.4 Å². The summed E-state index contributed by atoms with van der Waals surface area (Å²) in [5.74, 6) is -1.29. The van der Waals surface area contributed by atoms with Crippen molar-refractivity contribution < 1.29 is 14.0 Å². The summed E-state index contributed by atoms with van der Waals surface area (Å²) in [5, 5.41) is 0. The topological polar surface area (TPSA) is 71.1 Å². The van der Waals surface area contributed by atoms with Crippen LogP contribution in [0.25, 0.3) is 6.08 Å². The molecule has 0 saturated carbocycles. The van der Waals surface area contributed by atoms with Crippen LogP contribution in [-0.2, 0) is 4.79 Å². The second-order valence-corrected chi connectivity index (χ2v) is 4.06. The zero-order chi connectivity index (χ0) is 15.1. The highest BCUT2D eigenvalue weighted by molar-refractivity contribution is 5.97. The van der Waals surface area contributed by atoms with Crippen LogP contribution in [0.5, 0.6) is 0 Å². The fraction of sp³-hybridized carbons (Fsp3) is 0. The number of hydrogen-bond donors (Lipinski definition) is 2. The second kappa shape index (κ2) is 6.95. The lowest BCUT2D eigenvalue weighted by Crippen LogP contribution is -2.40. The third-order valence-electron chi connectivity index (χ3n) is 2.54. The summed E-state index contributed by atoms with van der Waals surface area (Å²) in [6.07, 6.45) is 5.70. The summed E-state index contributed by atoms with van der Waals surface area (Å²) in [5.41, 5.74) is 5.56. The molecule has 106 valence electrons. The normalized spacial score (nSPS) is 10.3. The Morgan fingerprint density at radius 3 is 2.33 bits per heavy atom. The van der Waals surface area contributed by atoms with Gasteiger partial charge in [-0.05, 0) is 35.9 Å². The number of carbonyl (C=O) groups excluding carboxylic acids is 2. The quantitative estimate of drug-likeness (QED) is 0.666. The molecule has 2 rings (SSSR count). The number of nitrogens with one attached hydrogen (secondary N) is 2. The summed E-state index contributed by atoms with van der Waals surface area (Å²) in [6, 6.07) is 8.71. The van der Waals surface area contributed by atoms with Crippen LogP contribution in [0.3, 0.4) is 0 Å². The minimum Gasteiger partial charge on any atom is -0.268 e. The van der Waals surface area contributed by atoms with Crippen LogP contribution in [0, 0.1) is 5.82 Å². The van der Waals surface area contributed by atoms with E-state index in [9.17, 15) is 14.0 Å². The van der Waals surface area contributed by atoms with Gasteiger partial charge in [-0.1, -0.05) is 12.1 Å². The molecule has 0 aliphatic heterocycles. The van der Waals surface area contributed by atoms with Gasteiger partial charge in [0, 0.05) is 24.0 Å². The van der Waals surface area contributed by atoms with Crippen molar-refractivity contribution in [2.24, 2.45) is 0 Å². The van der Waals surface area contributed by atoms with Gasteiger partial charge in [-0.25, -0.2) is 4.39 Å². The molecule has 0 spiro atoms. The first kappa shape index (κ1) is 14.4. The maximum atomic E-state index is 12.7. The van der Waals surface area contributed by atoms with Gasteiger partial charge in [0.15, 0.2) is 0 Å². The third-order valence-corrected chi connectivity index (χ3v) is 2.54. The molecule has 0 saturated heterocycles. The molecule has 0 unspecified atom stereocenters. The van der Waals surface area contributed by atoms with Gasteiger partial charge in [0.2, 0.25) is 0 Å². The third kappa shape index (κ3) is 4.54. The van der Waals surface area contributed by atoms with E-state index in [0.717, 1.165) is 0 Å². The van der Waals surface area contributed by atoms with Gasteiger partial charge >= 0.3 is 0 Å². The Balaban J connectivity index is 1.85. The maximum Gasteiger partial charge on any atom is 0.269 e. The lowest BCUT2D eigenvalue weighted by molar-refractivity contribution is -0.117. The van der Waals surface area contributed by atoms with Crippen molar-refractivity contribution >= 4 is 17.9 Å². The average Bonchev–Trinajstić information content (AvgIpc) is 2.53. The average molecular weight is 285 g/mol. The Hall–Kier alpha value is -3.02.